The number of fused-ring (bicyclic) bond motifs is 1. The van der Waals surface area contributed by atoms with Gasteiger partial charge in [0.05, 0.1) is 5.39 Å². The molecule has 0 saturated heterocycles. The highest BCUT2D eigenvalue weighted by molar-refractivity contribution is 5.83. The van der Waals surface area contributed by atoms with Crippen molar-refractivity contribution >= 4 is 11.0 Å². The third-order valence-electron chi connectivity index (χ3n) is 2.64. The first-order valence-electron chi connectivity index (χ1n) is 5.49. The SMILES string of the molecule is [c]1cc2c(OCc3ccccc3)cccc2o1. The Balaban J connectivity index is 1.84. The zero-order valence-corrected chi connectivity index (χ0v) is 9.22. The van der Waals surface area contributed by atoms with Crippen LogP contribution in [-0.2, 0) is 6.61 Å². The molecule has 2 heteroatoms. The fourth-order valence-corrected chi connectivity index (χ4v) is 1.77. The van der Waals surface area contributed by atoms with Gasteiger partial charge >= 0.3 is 0 Å². The van der Waals surface area contributed by atoms with Gasteiger partial charge < -0.3 is 9.15 Å². The Hall–Kier alpha value is -2.22. The Morgan fingerprint density at radius 3 is 2.76 bits per heavy atom. The van der Waals surface area contributed by atoms with Crippen molar-refractivity contribution < 1.29 is 9.15 Å². The number of furan rings is 1. The van der Waals surface area contributed by atoms with Crippen molar-refractivity contribution in [3.05, 3.63) is 66.4 Å². The van der Waals surface area contributed by atoms with Crippen LogP contribution in [0.4, 0.5) is 0 Å². The van der Waals surface area contributed by atoms with E-state index in [0.717, 1.165) is 22.3 Å². The number of ether oxygens (including phenoxy) is 1. The smallest absolute Gasteiger partial charge is 0.170 e. The molecule has 0 fully saturated rings. The molecule has 3 rings (SSSR count). The van der Waals surface area contributed by atoms with Gasteiger partial charge in [0.1, 0.15) is 17.9 Å². The third kappa shape index (κ3) is 2.02. The van der Waals surface area contributed by atoms with Gasteiger partial charge in [-0.25, -0.2) is 0 Å². The molecule has 0 atom stereocenters. The number of hydrogen-bond donors (Lipinski definition) is 0. The van der Waals surface area contributed by atoms with Crippen LogP contribution < -0.4 is 4.74 Å². The molecule has 0 aliphatic carbocycles. The highest BCUT2D eigenvalue weighted by atomic mass is 16.5. The molecule has 0 amide bonds. The maximum atomic E-state index is 5.78. The molecule has 0 bridgehead atoms. The summed E-state index contributed by atoms with van der Waals surface area (Å²) in [4.78, 5) is 0. The van der Waals surface area contributed by atoms with E-state index in [2.05, 4.69) is 6.26 Å². The maximum absolute atomic E-state index is 5.78. The van der Waals surface area contributed by atoms with Crippen LogP contribution in [0.25, 0.3) is 11.0 Å². The van der Waals surface area contributed by atoms with Crippen molar-refractivity contribution in [1.29, 1.82) is 0 Å². The first-order chi connectivity index (χ1) is 8.43. The summed E-state index contributed by atoms with van der Waals surface area (Å²) in [5, 5.41) is 0.962. The second kappa shape index (κ2) is 4.34. The first kappa shape index (κ1) is 9.97. The van der Waals surface area contributed by atoms with Crippen LogP contribution in [0.1, 0.15) is 5.56 Å². The number of rotatable bonds is 3. The minimum absolute atomic E-state index is 0.561. The molecule has 0 aliphatic heterocycles. The molecule has 0 aliphatic rings. The van der Waals surface area contributed by atoms with Crippen molar-refractivity contribution in [2.45, 2.75) is 6.61 Å². The predicted octanol–water partition coefficient (Wildman–Crippen LogP) is 3.81. The average Bonchev–Trinajstić information content (AvgIpc) is 2.86. The van der Waals surface area contributed by atoms with Crippen LogP contribution in [0.2, 0.25) is 0 Å². The van der Waals surface area contributed by atoms with Crippen LogP contribution in [0, 0.1) is 6.26 Å². The highest BCUT2D eigenvalue weighted by Crippen LogP contribution is 2.26. The maximum Gasteiger partial charge on any atom is 0.170 e. The molecule has 2 aromatic carbocycles. The van der Waals surface area contributed by atoms with Crippen LogP contribution >= 0.6 is 0 Å². The van der Waals surface area contributed by atoms with E-state index in [1.54, 1.807) is 6.07 Å². The molecule has 0 N–H and O–H groups in total. The van der Waals surface area contributed by atoms with E-state index in [9.17, 15) is 0 Å². The van der Waals surface area contributed by atoms with E-state index in [1.807, 2.05) is 48.5 Å². The monoisotopic (exact) mass is 223 g/mol. The van der Waals surface area contributed by atoms with Gasteiger partial charge in [-0.2, -0.15) is 0 Å². The molecule has 3 aromatic rings. The van der Waals surface area contributed by atoms with E-state index in [1.165, 1.54) is 0 Å². The van der Waals surface area contributed by atoms with Gasteiger partial charge in [-0.3, -0.25) is 0 Å². The van der Waals surface area contributed by atoms with Gasteiger partial charge in [0, 0.05) is 0 Å². The molecule has 1 radical (unpaired) electrons. The molecule has 17 heavy (non-hydrogen) atoms. The summed E-state index contributed by atoms with van der Waals surface area (Å²) in [5.74, 6) is 0.830. The third-order valence-corrected chi connectivity index (χ3v) is 2.64. The zero-order valence-electron chi connectivity index (χ0n) is 9.22. The quantitative estimate of drug-likeness (QED) is 0.673. The molecular formula is C15H11O2. The van der Waals surface area contributed by atoms with E-state index >= 15 is 0 Å². The number of benzene rings is 2. The first-order valence-corrected chi connectivity index (χ1v) is 5.49. The fraction of sp³-hybridized carbons (Fsp3) is 0.0667. The van der Waals surface area contributed by atoms with Gasteiger partial charge in [-0.05, 0) is 23.8 Å². The Labute approximate surface area is 99.4 Å². The van der Waals surface area contributed by atoms with Gasteiger partial charge in [-0.15, -0.1) is 0 Å². The molecule has 2 nitrogen and oxygen atoms in total. The summed E-state index contributed by atoms with van der Waals surface area (Å²) >= 11 is 0. The van der Waals surface area contributed by atoms with E-state index in [0.29, 0.717) is 6.61 Å². The van der Waals surface area contributed by atoms with E-state index < -0.39 is 0 Å². The molecule has 0 spiro atoms. The minimum Gasteiger partial charge on any atom is -0.488 e. The second-order valence-corrected chi connectivity index (χ2v) is 3.81. The molecular weight excluding hydrogens is 212 g/mol. The summed E-state index contributed by atoms with van der Waals surface area (Å²) < 4.78 is 11.0. The summed E-state index contributed by atoms with van der Waals surface area (Å²) in [6, 6.07) is 17.7. The van der Waals surface area contributed by atoms with Crippen LogP contribution in [0.15, 0.2) is 59.0 Å². The number of hydrogen-bond acceptors (Lipinski definition) is 2. The fourth-order valence-electron chi connectivity index (χ4n) is 1.77. The van der Waals surface area contributed by atoms with Crippen LogP contribution in [0.3, 0.4) is 0 Å². The highest BCUT2D eigenvalue weighted by Gasteiger charge is 2.04. The van der Waals surface area contributed by atoms with E-state index in [4.69, 9.17) is 9.15 Å². The predicted molar refractivity (Wildman–Crippen MR) is 65.8 cm³/mol. The lowest BCUT2D eigenvalue weighted by Gasteiger charge is -2.06. The molecule has 1 aromatic heterocycles. The van der Waals surface area contributed by atoms with Crippen molar-refractivity contribution in [3.8, 4) is 5.75 Å². The van der Waals surface area contributed by atoms with E-state index in [-0.39, 0.29) is 0 Å². The Morgan fingerprint density at radius 2 is 1.88 bits per heavy atom. The van der Waals surface area contributed by atoms with Crippen molar-refractivity contribution in [1.82, 2.24) is 0 Å². The zero-order chi connectivity index (χ0) is 11.5. The minimum atomic E-state index is 0.561. The van der Waals surface area contributed by atoms with Crippen molar-refractivity contribution in [2.75, 3.05) is 0 Å². The normalized spacial score (nSPS) is 10.6. The lowest BCUT2D eigenvalue weighted by molar-refractivity contribution is 0.310. The lowest BCUT2D eigenvalue weighted by atomic mass is 10.2. The van der Waals surface area contributed by atoms with Gasteiger partial charge in [0.15, 0.2) is 6.26 Å². The molecule has 0 unspecified atom stereocenters. The largest absolute Gasteiger partial charge is 0.488 e. The molecule has 1 heterocycles. The summed E-state index contributed by atoms with van der Waals surface area (Å²) in [6.07, 6.45) is 2.72. The lowest BCUT2D eigenvalue weighted by Crippen LogP contribution is -1.94. The van der Waals surface area contributed by atoms with Gasteiger partial charge in [-0.1, -0.05) is 36.4 Å². The summed E-state index contributed by atoms with van der Waals surface area (Å²) in [6.45, 7) is 0.561. The van der Waals surface area contributed by atoms with Crippen LogP contribution in [-0.4, -0.2) is 0 Å². The Kier molecular flexibility index (Phi) is 2.54. The topological polar surface area (TPSA) is 22.4 Å². The second-order valence-electron chi connectivity index (χ2n) is 3.81. The van der Waals surface area contributed by atoms with Gasteiger partial charge in [0.25, 0.3) is 0 Å². The molecule has 0 saturated carbocycles. The Bertz CT molecular complexity index is 611. The summed E-state index contributed by atoms with van der Waals surface area (Å²) in [5.41, 5.74) is 1.95. The van der Waals surface area contributed by atoms with Crippen molar-refractivity contribution in [2.24, 2.45) is 0 Å². The van der Waals surface area contributed by atoms with Crippen LogP contribution in [0.5, 0.6) is 5.75 Å². The molecule has 83 valence electrons. The average molecular weight is 223 g/mol. The Morgan fingerprint density at radius 1 is 1.00 bits per heavy atom. The van der Waals surface area contributed by atoms with Crippen molar-refractivity contribution in [3.63, 3.8) is 0 Å². The van der Waals surface area contributed by atoms with Gasteiger partial charge in [0.2, 0.25) is 0 Å². The summed E-state index contributed by atoms with van der Waals surface area (Å²) in [7, 11) is 0. The standard InChI is InChI=1S/C15H11O2/c1-2-5-12(6-3-1)11-17-15-8-4-7-14-13(15)9-10-16-14/h1-9H,11H2.